The number of imidazole rings is 1. The molecule has 1 heterocycles. The monoisotopic (exact) mass is 282 g/mol. The molecule has 0 saturated heterocycles. The van der Waals surface area contributed by atoms with Gasteiger partial charge in [-0.2, -0.15) is 13.2 Å². The van der Waals surface area contributed by atoms with Gasteiger partial charge in [0.25, 0.3) is 0 Å². The summed E-state index contributed by atoms with van der Waals surface area (Å²) in [7, 11) is 0. The first kappa shape index (κ1) is 14.6. The molecule has 0 spiro atoms. The maximum absolute atomic E-state index is 12.5. The standard InChI is InChI=1S/C15H17F3N2/c1-3-10(2)8-13-9-19-14(20-13)11-4-6-12(7-5-11)15(16,17)18/h4-7,9-10H,3,8H2,1-2H3,(H,19,20). The van der Waals surface area contributed by atoms with E-state index in [1.54, 1.807) is 0 Å². The van der Waals surface area contributed by atoms with Gasteiger partial charge in [0.1, 0.15) is 5.82 Å². The molecule has 2 nitrogen and oxygen atoms in total. The molecule has 5 heteroatoms. The van der Waals surface area contributed by atoms with E-state index in [2.05, 4.69) is 23.8 Å². The van der Waals surface area contributed by atoms with Gasteiger partial charge in [0.2, 0.25) is 0 Å². The Kier molecular flexibility index (Phi) is 4.16. The Labute approximate surface area is 116 Å². The molecule has 1 aromatic carbocycles. The second-order valence-electron chi connectivity index (χ2n) is 5.03. The average molecular weight is 282 g/mol. The number of hydrogen-bond donors (Lipinski definition) is 1. The fourth-order valence-corrected chi connectivity index (χ4v) is 1.93. The van der Waals surface area contributed by atoms with Crippen molar-refractivity contribution in [1.29, 1.82) is 0 Å². The number of hydrogen-bond acceptors (Lipinski definition) is 1. The maximum Gasteiger partial charge on any atom is 0.416 e. The number of nitrogens with zero attached hydrogens (tertiary/aromatic N) is 1. The van der Waals surface area contributed by atoms with Gasteiger partial charge in [0.05, 0.1) is 11.3 Å². The summed E-state index contributed by atoms with van der Waals surface area (Å²) in [5, 5.41) is 0. The summed E-state index contributed by atoms with van der Waals surface area (Å²) in [6.45, 7) is 4.26. The van der Waals surface area contributed by atoms with Crippen LogP contribution in [0.1, 0.15) is 31.5 Å². The number of rotatable bonds is 4. The molecule has 1 atom stereocenters. The van der Waals surface area contributed by atoms with E-state index in [1.165, 1.54) is 12.1 Å². The molecular weight excluding hydrogens is 265 g/mol. The zero-order chi connectivity index (χ0) is 14.8. The topological polar surface area (TPSA) is 28.7 Å². The second-order valence-corrected chi connectivity index (χ2v) is 5.03. The van der Waals surface area contributed by atoms with Crippen LogP contribution in [0, 0.1) is 5.92 Å². The van der Waals surface area contributed by atoms with Gasteiger partial charge in [-0.3, -0.25) is 0 Å². The SMILES string of the molecule is CCC(C)Cc1c[nH]c(-c2ccc(C(F)(F)F)cc2)n1. The third kappa shape index (κ3) is 3.40. The lowest BCUT2D eigenvalue weighted by molar-refractivity contribution is -0.137. The summed E-state index contributed by atoms with van der Waals surface area (Å²) >= 11 is 0. The molecule has 0 fully saturated rings. The Balaban J connectivity index is 2.16. The molecule has 0 amide bonds. The molecule has 1 N–H and O–H groups in total. The Morgan fingerprint density at radius 3 is 2.40 bits per heavy atom. The summed E-state index contributed by atoms with van der Waals surface area (Å²) in [4.78, 5) is 7.44. The van der Waals surface area contributed by atoms with Crippen molar-refractivity contribution in [2.75, 3.05) is 0 Å². The smallest absolute Gasteiger partial charge is 0.344 e. The molecule has 1 aromatic heterocycles. The predicted molar refractivity (Wildman–Crippen MR) is 72.2 cm³/mol. The number of benzene rings is 1. The normalized spacial score (nSPS) is 13.4. The van der Waals surface area contributed by atoms with Gasteiger partial charge in [-0.1, -0.05) is 32.4 Å². The van der Waals surface area contributed by atoms with E-state index >= 15 is 0 Å². The summed E-state index contributed by atoms with van der Waals surface area (Å²) in [6.07, 6.45) is -0.543. The van der Waals surface area contributed by atoms with Gasteiger partial charge in [0.15, 0.2) is 0 Å². The predicted octanol–water partition coefficient (Wildman–Crippen LogP) is 4.68. The lowest BCUT2D eigenvalue weighted by Gasteiger charge is -2.06. The Bertz CT molecular complexity index is 555. The minimum Gasteiger partial charge on any atom is -0.344 e. The van der Waals surface area contributed by atoms with E-state index in [1.807, 2.05) is 6.20 Å². The zero-order valence-corrected chi connectivity index (χ0v) is 11.5. The number of aromatic amines is 1. The minimum absolute atomic E-state index is 0.541. The molecule has 1 unspecified atom stereocenters. The number of aromatic nitrogens is 2. The largest absolute Gasteiger partial charge is 0.416 e. The van der Waals surface area contributed by atoms with E-state index in [-0.39, 0.29) is 0 Å². The van der Waals surface area contributed by atoms with Gasteiger partial charge in [-0.15, -0.1) is 0 Å². The Morgan fingerprint density at radius 1 is 1.20 bits per heavy atom. The number of nitrogens with one attached hydrogen (secondary N) is 1. The number of halogens is 3. The van der Waals surface area contributed by atoms with Crippen LogP contribution in [-0.4, -0.2) is 9.97 Å². The fraction of sp³-hybridized carbons (Fsp3) is 0.400. The lowest BCUT2D eigenvalue weighted by atomic mass is 10.0. The number of alkyl halides is 3. The van der Waals surface area contributed by atoms with Gasteiger partial charge in [-0.25, -0.2) is 4.98 Å². The third-order valence-corrected chi connectivity index (χ3v) is 3.37. The molecule has 0 aliphatic heterocycles. The van der Waals surface area contributed by atoms with Crippen LogP contribution in [0.15, 0.2) is 30.5 Å². The molecule has 20 heavy (non-hydrogen) atoms. The Morgan fingerprint density at radius 2 is 1.85 bits per heavy atom. The zero-order valence-electron chi connectivity index (χ0n) is 11.5. The van der Waals surface area contributed by atoms with Gasteiger partial charge in [0, 0.05) is 11.8 Å². The fourth-order valence-electron chi connectivity index (χ4n) is 1.93. The first-order chi connectivity index (χ1) is 9.40. The van der Waals surface area contributed by atoms with Crippen LogP contribution in [0.4, 0.5) is 13.2 Å². The summed E-state index contributed by atoms with van der Waals surface area (Å²) in [6, 6.07) is 5.03. The minimum atomic E-state index is -4.30. The van der Waals surface area contributed by atoms with Crippen LogP contribution in [-0.2, 0) is 12.6 Å². The molecule has 2 rings (SSSR count). The van der Waals surface area contributed by atoms with E-state index in [0.29, 0.717) is 17.3 Å². The highest BCUT2D eigenvalue weighted by Gasteiger charge is 2.30. The van der Waals surface area contributed by atoms with E-state index in [9.17, 15) is 13.2 Å². The lowest BCUT2D eigenvalue weighted by Crippen LogP contribution is -2.04. The molecule has 0 aliphatic rings. The maximum atomic E-state index is 12.5. The van der Waals surface area contributed by atoms with Crippen molar-refractivity contribution in [3.63, 3.8) is 0 Å². The van der Waals surface area contributed by atoms with Crippen LogP contribution in [0.25, 0.3) is 11.4 Å². The summed E-state index contributed by atoms with van der Waals surface area (Å²) in [5.41, 5.74) is 0.954. The van der Waals surface area contributed by atoms with Crippen LogP contribution in [0.3, 0.4) is 0 Å². The van der Waals surface area contributed by atoms with Crippen molar-refractivity contribution in [1.82, 2.24) is 9.97 Å². The molecule has 0 aliphatic carbocycles. The van der Waals surface area contributed by atoms with Crippen molar-refractivity contribution in [3.8, 4) is 11.4 Å². The summed E-state index contributed by atoms with van der Waals surface area (Å²) < 4.78 is 37.5. The highest BCUT2D eigenvalue weighted by Crippen LogP contribution is 2.30. The van der Waals surface area contributed by atoms with Crippen molar-refractivity contribution >= 4 is 0 Å². The molecule has 0 saturated carbocycles. The first-order valence-electron chi connectivity index (χ1n) is 6.62. The highest BCUT2D eigenvalue weighted by atomic mass is 19.4. The van der Waals surface area contributed by atoms with Gasteiger partial charge in [-0.05, 0) is 24.5 Å². The highest BCUT2D eigenvalue weighted by molar-refractivity contribution is 5.55. The van der Waals surface area contributed by atoms with Crippen LogP contribution in [0.5, 0.6) is 0 Å². The average Bonchev–Trinajstić information content (AvgIpc) is 2.86. The molecule has 0 radical (unpaired) electrons. The Hall–Kier alpha value is -1.78. The molecule has 0 bridgehead atoms. The second kappa shape index (κ2) is 5.69. The van der Waals surface area contributed by atoms with Crippen molar-refractivity contribution in [2.45, 2.75) is 32.9 Å². The van der Waals surface area contributed by atoms with Gasteiger partial charge >= 0.3 is 6.18 Å². The first-order valence-corrected chi connectivity index (χ1v) is 6.62. The third-order valence-electron chi connectivity index (χ3n) is 3.37. The number of H-pyrrole nitrogens is 1. The molecular formula is C15H17F3N2. The van der Waals surface area contributed by atoms with E-state index in [0.717, 1.165) is 30.7 Å². The van der Waals surface area contributed by atoms with Crippen molar-refractivity contribution in [3.05, 3.63) is 41.7 Å². The van der Waals surface area contributed by atoms with E-state index < -0.39 is 11.7 Å². The van der Waals surface area contributed by atoms with Crippen LogP contribution < -0.4 is 0 Å². The summed E-state index contributed by atoms with van der Waals surface area (Å²) in [5.74, 6) is 1.15. The molecule has 2 aromatic rings. The van der Waals surface area contributed by atoms with Crippen molar-refractivity contribution < 1.29 is 13.2 Å². The molecule has 108 valence electrons. The quantitative estimate of drug-likeness (QED) is 0.866. The van der Waals surface area contributed by atoms with E-state index in [4.69, 9.17) is 0 Å². The van der Waals surface area contributed by atoms with Crippen molar-refractivity contribution in [2.24, 2.45) is 5.92 Å². The van der Waals surface area contributed by atoms with Crippen LogP contribution in [0.2, 0.25) is 0 Å². The van der Waals surface area contributed by atoms with Gasteiger partial charge < -0.3 is 4.98 Å². The van der Waals surface area contributed by atoms with Crippen LogP contribution >= 0.6 is 0 Å².